The van der Waals surface area contributed by atoms with Gasteiger partial charge in [0.1, 0.15) is 18.5 Å². The zero-order valence-electron chi connectivity index (χ0n) is 17.6. The zero-order chi connectivity index (χ0) is 20.4. The average molecular weight is 405 g/mol. The van der Waals surface area contributed by atoms with E-state index in [2.05, 4.69) is 22.4 Å². The Morgan fingerprint density at radius 2 is 1.97 bits per heavy atom. The van der Waals surface area contributed by atoms with Crippen molar-refractivity contribution in [1.29, 1.82) is 0 Å². The Balaban J connectivity index is 1.36. The minimum Gasteiger partial charge on any atom is -0.390 e. The van der Waals surface area contributed by atoms with Crippen LogP contribution < -0.4 is 0 Å². The summed E-state index contributed by atoms with van der Waals surface area (Å²) >= 11 is 0. The molecule has 5 rings (SSSR count). The maximum atomic E-state index is 16.4. The lowest BCUT2D eigenvalue weighted by molar-refractivity contribution is -0.166. The van der Waals surface area contributed by atoms with E-state index < -0.39 is 11.3 Å². The van der Waals surface area contributed by atoms with Gasteiger partial charge in [-0.15, -0.1) is 5.10 Å². The third kappa shape index (κ3) is 2.98. The molecule has 4 saturated carbocycles. The Hall–Kier alpha value is -1.37. The molecule has 4 fully saturated rings. The number of carbonyl (C=O) groups is 1. The molecular formula is C22H33FN4O2. The van der Waals surface area contributed by atoms with E-state index in [0.29, 0.717) is 31.1 Å². The largest absolute Gasteiger partial charge is 0.390 e. The van der Waals surface area contributed by atoms with Gasteiger partial charge in [-0.2, -0.15) is 0 Å². The van der Waals surface area contributed by atoms with Gasteiger partial charge < -0.3 is 5.11 Å². The maximum absolute atomic E-state index is 16.4. The number of aromatic nitrogens is 4. The van der Waals surface area contributed by atoms with E-state index in [-0.39, 0.29) is 35.5 Å². The predicted molar refractivity (Wildman–Crippen MR) is 104 cm³/mol. The third-order valence-electron chi connectivity index (χ3n) is 9.41. The topological polar surface area (TPSA) is 80.9 Å². The van der Waals surface area contributed by atoms with E-state index in [1.54, 1.807) is 0 Å². The lowest BCUT2D eigenvalue weighted by Crippen LogP contribution is -2.58. The molecule has 7 heteroatoms. The quantitative estimate of drug-likeness (QED) is 0.836. The molecule has 8 atom stereocenters. The Morgan fingerprint density at radius 1 is 1.14 bits per heavy atom. The van der Waals surface area contributed by atoms with Gasteiger partial charge in [0.2, 0.25) is 0 Å². The van der Waals surface area contributed by atoms with Gasteiger partial charge >= 0.3 is 0 Å². The molecule has 29 heavy (non-hydrogen) atoms. The lowest BCUT2D eigenvalue weighted by atomic mass is 9.48. The molecule has 0 amide bonds. The number of ketones is 1. The SMILES string of the molecule is C[C@@]1(O)CC[C@@]2(F)[C@H](CC[C@H]3[C@@H]4CC[C@H](C(=O)Cn5cnnn5)[C@@]4(C)CC[C@@H]32)C1. The first-order valence-corrected chi connectivity index (χ1v) is 11.4. The van der Waals surface area contributed by atoms with Crippen LogP contribution in [-0.4, -0.2) is 42.4 Å². The van der Waals surface area contributed by atoms with E-state index in [1.807, 2.05) is 6.92 Å². The third-order valence-corrected chi connectivity index (χ3v) is 9.41. The van der Waals surface area contributed by atoms with Crippen molar-refractivity contribution in [3.63, 3.8) is 0 Å². The zero-order valence-corrected chi connectivity index (χ0v) is 17.6. The minimum atomic E-state index is -1.12. The summed E-state index contributed by atoms with van der Waals surface area (Å²) < 4.78 is 17.9. The normalized spacial score (nSPS) is 49.2. The summed E-state index contributed by atoms with van der Waals surface area (Å²) in [5.74, 6) is 1.15. The summed E-state index contributed by atoms with van der Waals surface area (Å²) in [7, 11) is 0. The van der Waals surface area contributed by atoms with Crippen molar-refractivity contribution in [3.8, 4) is 0 Å². The van der Waals surface area contributed by atoms with Crippen molar-refractivity contribution in [2.24, 2.45) is 35.0 Å². The van der Waals surface area contributed by atoms with E-state index in [9.17, 15) is 9.90 Å². The first kappa shape index (κ1) is 19.6. The van der Waals surface area contributed by atoms with Crippen molar-refractivity contribution in [2.45, 2.75) is 89.4 Å². The van der Waals surface area contributed by atoms with Crippen molar-refractivity contribution >= 4 is 5.78 Å². The van der Waals surface area contributed by atoms with Gasteiger partial charge in [-0.3, -0.25) is 4.79 Å². The smallest absolute Gasteiger partial charge is 0.158 e. The number of carbonyl (C=O) groups excluding carboxylic acids is 1. The van der Waals surface area contributed by atoms with Crippen LogP contribution in [0.3, 0.4) is 0 Å². The standard InChI is InChI=1S/C22H33FN4O2/c1-20(29)9-10-22(23)14(11-20)3-4-15-16-5-6-18(21(16,2)8-7-17(15)22)19(28)12-27-13-24-25-26-27/h13-18,29H,3-12H2,1-2H3/t14-,15+,16+,17+,18-,20-,21+,22-/m1/s1. The molecule has 0 aliphatic heterocycles. The van der Waals surface area contributed by atoms with Crippen LogP contribution in [0.15, 0.2) is 6.33 Å². The molecule has 1 aromatic rings. The molecule has 1 aromatic heterocycles. The summed E-state index contributed by atoms with van der Waals surface area (Å²) in [4.78, 5) is 13.1. The summed E-state index contributed by atoms with van der Waals surface area (Å²) in [6, 6.07) is 0. The van der Waals surface area contributed by atoms with Crippen molar-refractivity contribution in [2.75, 3.05) is 0 Å². The molecule has 0 saturated heterocycles. The fraction of sp³-hybridized carbons (Fsp3) is 0.909. The molecule has 4 aliphatic carbocycles. The number of aliphatic hydroxyl groups is 1. The molecule has 4 aliphatic rings. The van der Waals surface area contributed by atoms with E-state index in [0.717, 1.165) is 38.5 Å². The number of tetrazole rings is 1. The summed E-state index contributed by atoms with van der Waals surface area (Å²) in [6.45, 7) is 4.39. The highest BCUT2D eigenvalue weighted by atomic mass is 19.1. The second-order valence-corrected chi connectivity index (χ2v) is 10.9. The molecule has 0 unspecified atom stereocenters. The Labute approximate surface area is 171 Å². The number of alkyl halides is 1. The minimum absolute atomic E-state index is 0.00416. The van der Waals surface area contributed by atoms with Gasteiger partial charge in [0.25, 0.3) is 0 Å². The predicted octanol–water partition coefficient (Wildman–Crippen LogP) is 3.35. The van der Waals surface area contributed by atoms with Crippen LogP contribution in [-0.2, 0) is 11.3 Å². The van der Waals surface area contributed by atoms with Gasteiger partial charge in [-0.25, -0.2) is 9.07 Å². The fourth-order valence-electron chi connectivity index (χ4n) is 8.03. The molecular weight excluding hydrogens is 371 g/mol. The molecule has 0 bridgehead atoms. The number of fused-ring (bicyclic) bond motifs is 5. The van der Waals surface area contributed by atoms with E-state index in [4.69, 9.17) is 0 Å². The fourth-order valence-corrected chi connectivity index (χ4v) is 8.03. The maximum Gasteiger partial charge on any atom is 0.158 e. The second kappa shape index (κ2) is 6.56. The number of hydrogen-bond donors (Lipinski definition) is 1. The Kier molecular flexibility index (Phi) is 4.43. The highest BCUT2D eigenvalue weighted by Crippen LogP contribution is 2.66. The molecule has 160 valence electrons. The van der Waals surface area contributed by atoms with Crippen LogP contribution in [0.25, 0.3) is 0 Å². The first-order valence-electron chi connectivity index (χ1n) is 11.4. The van der Waals surface area contributed by atoms with Crippen LogP contribution in [0, 0.1) is 35.0 Å². The van der Waals surface area contributed by atoms with Gasteiger partial charge in [0.15, 0.2) is 5.78 Å². The second-order valence-electron chi connectivity index (χ2n) is 10.9. The number of nitrogens with zero attached hydrogens (tertiary/aromatic N) is 4. The lowest BCUT2D eigenvalue weighted by Gasteiger charge is -2.59. The Bertz CT molecular complexity index is 784. The first-order chi connectivity index (χ1) is 13.7. The van der Waals surface area contributed by atoms with Crippen LogP contribution in [0.4, 0.5) is 4.39 Å². The van der Waals surface area contributed by atoms with E-state index in [1.165, 1.54) is 11.0 Å². The van der Waals surface area contributed by atoms with Gasteiger partial charge in [0, 0.05) is 5.92 Å². The molecule has 1 heterocycles. The number of hydrogen-bond acceptors (Lipinski definition) is 5. The molecule has 1 N–H and O–H groups in total. The number of halogens is 1. The summed E-state index contributed by atoms with van der Waals surface area (Å²) in [5, 5.41) is 21.6. The van der Waals surface area contributed by atoms with Gasteiger partial charge in [-0.1, -0.05) is 6.92 Å². The van der Waals surface area contributed by atoms with Crippen molar-refractivity contribution in [1.82, 2.24) is 20.2 Å². The van der Waals surface area contributed by atoms with Crippen LogP contribution in [0.5, 0.6) is 0 Å². The highest BCUT2D eigenvalue weighted by molar-refractivity contribution is 5.82. The van der Waals surface area contributed by atoms with Crippen molar-refractivity contribution in [3.05, 3.63) is 6.33 Å². The average Bonchev–Trinajstić information content (AvgIpc) is 3.29. The molecule has 6 nitrogen and oxygen atoms in total. The van der Waals surface area contributed by atoms with Gasteiger partial charge in [0.05, 0.1) is 5.60 Å². The van der Waals surface area contributed by atoms with Gasteiger partial charge in [-0.05, 0) is 104 Å². The van der Waals surface area contributed by atoms with Crippen molar-refractivity contribution < 1.29 is 14.3 Å². The summed E-state index contributed by atoms with van der Waals surface area (Å²) in [6.07, 6.45) is 8.83. The highest BCUT2D eigenvalue weighted by Gasteiger charge is 2.63. The molecule has 0 aromatic carbocycles. The molecule has 0 radical (unpaired) electrons. The number of Topliss-reactive ketones (excluding diaryl/α,β-unsaturated/α-hetero) is 1. The number of rotatable bonds is 3. The molecule has 0 spiro atoms. The van der Waals surface area contributed by atoms with Crippen LogP contribution >= 0.6 is 0 Å². The van der Waals surface area contributed by atoms with Crippen LogP contribution in [0.2, 0.25) is 0 Å². The van der Waals surface area contributed by atoms with Crippen LogP contribution in [0.1, 0.15) is 71.6 Å². The summed E-state index contributed by atoms with van der Waals surface area (Å²) in [5.41, 5.74) is -1.87. The monoisotopic (exact) mass is 404 g/mol. The Morgan fingerprint density at radius 3 is 2.72 bits per heavy atom. The van der Waals surface area contributed by atoms with E-state index >= 15 is 4.39 Å².